The highest BCUT2D eigenvalue weighted by molar-refractivity contribution is 6.30. The van der Waals surface area contributed by atoms with E-state index in [2.05, 4.69) is 4.98 Å². The van der Waals surface area contributed by atoms with Crippen LogP contribution >= 0.6 is 11.6 Å². The summed E-state index contributed by atoms with van der Waals surface area (Å²) in [6.45, 7) is 2.27. The van der Waals surface area contributed by atoms with Crippen LogP contribution < -0.4 is 9.47 Å². The van der Waals surface area contributed by atoms with Gasteiger partial charge in [0.25, 0.3) is 0 Å². The summed E-state index contributed by atoms with van der Waals surface area (Å²) < 4.78 is 15.9. The first-order chi connectivity index (χ1) is 13.1. The summed E-state index contributed by atoms with van der Waals surface area (Å²) >= 11 is 6.22. The number of nitrogens with zero attached hydrogens (tertiary/aromatic N) is 1. The Hall–Kier alpha value is -3.05. The predicted octanol–water partition coefficient (Wildman–Crippen LogP) is 4.68. The quantitative estimate of drug-likeness (QED) is 0.373. The van der Waals surface area contributed by atoms with Crippen LogP contribution in [-0.2, 0) is 16.1 Å². The van der Waals surface area contributed by atoms with Gasteiger partial charge in [-0.1, -0.05) is 29.8 Å². The third kappa shape index (κ3) is 3.88. The molecule has 0 radical (unpaired) electrons. The first-order valence-electron chi connectivity index (χ1n) is 8.39. The van der Waals surface area contributed by atoms with Crippen LogP contribution in [0.25, 0.3) is 17.0 Å². The summed E-state index contributed by atoms with van der Waals surface area (Å²) in [6, 6.07) is 13.3. The maximum absolute atomic E-state index is 12.0. The minimum atomic E-state index is -0.465. The largest absolute Gasteiger partial charge is 0.458 e. The van der Waals surface area contributed by atoms with E-state index in [1.165, 1.54) is 6.08 Å². The van der Waals surface area contributed by atoms with Crippen LogP contribution in [0.5, 0.6) is 11.5 Å². The molecular weight excluding hydrogens is 366 g/mol. The van der Waals surface area contributed by atoms with Crippen LogP contribution in [0.3, 0.4) is 0 Å². The van der Waals surface area contributed by atoms with Crippen LogP contribution in [0.15, 0.2) is 48.5 Å². The Balaban J connectivity index is 1.42. The van der Waals surface area contributed by atoms with Crippen molar-refractivity contribution in [1.82, 2.24) is 4.98 Å². The average molecular weight is 382 g/mol. The number of aryl methyl sites for hydroxylation is 1. The first-order valence-corrected chi connectivity index (χ1v) is 8.76. The lowest BCUT2D eigenvalue weighted by Gasteiger charge is -2.07. The van der Waals surface area contributed by atoms with E-state index in [-0.39, 0.29) is 13.4 Å². The number of rotatable bonds is 4. The van der Waals surface area contributed by atoms with Gasteiger partial charge in [-0.3, -0.25) is 0 Å². The topological polar surface area (TPSA) is 57.7 Å². The number of fused-ring (bicyclic) bond motifs is 2. The molecular formula is C21H16ClNO4. The summed E-state index contributed by atoms with van der Waals surface area (Å²) in [7, 11) is 0. The molecule has 4 rings (SSSR count). The van der Waals surface area contributed by atoms with Gasteiger partial charge in [-0.25, -0.2) is 9.78 Å². The summed E-state index contributed by atoms with van der Waals surface area (Å²) in [5.41, 5.74) is 3.41. The van der Waals surface area contributed by atoms with Crippen molar-refractivity contribution >= 4 is 34.5 Å². The molecule has 0 N–H and O–H groups in total. The first kappa shape index (κ1) is 17.4. The molecule has 0 saturated carbocycles. The molecule has 1 aliphatic rings. The summed E-state index contributed by atoms with van der Waals surface area (Å²) in [5.74, 6) is 0.894. The lowest BCUT2D eigenvalue weighted by atomic mass is 10.1. The van der Waals surface area contributed by atoms with Crippen molar-refractivity contribution in [3.8, 4) is 11.5 Å². The Morgan fingerprint density at radius 2 is 2.04 bits per heavy atom. The standard InChI is InChI=1S/C21H16ClNO4/c1-13-2-5-15-10-16(21(22)23-17(15)8-13)11-25-20(24)7-4-14-3-6-18-19(9-14)27-12-26-18/h2-10H,11-12H2,1H3. The van der Waals surface area contributed by atoms with E-state index in [0.717, 1.165) is 22.0 Å². The highest BCUT2D eigenvalue weighted by Crippen LogP contribution is 2.32. The monoisotopic (exact) mass is 381 g/mol. The molecule has 0 aliphatic carbocycles. The molecule has 0 unspecified atom stereocenters. The van der Waals surface area contributed by atoms with Crippen molar-refractivity contribution in [2.45, 2.75) is 13.5 Å². The number of aromatic nitrogens is 1. The molecule has 0 bridgehead atoms. The normalized spacial score (nSPS) is 12.7. The maximum Gasteiger partial charge on any atom is 0.331 e. The fourth-order valence-electron chi connectivity index (χ4n) is 2.78. The Morgan fingerprint density at radius 3 is 2.93 bits per heavy atom. The molecule has 3 aromatic rings. The SMILES string of the molecule is Cc1ccc2cc(COC(=O)C=Cc3ccc4c(c3)OCO4)c(Cl)nc2c1. The summed E-state index contributed by atoms with van der Waals surface area (Å²) in [4.78, 5) is 16.4. The van der Waals surface area contributed by atoms with Gasteiger partial charge in [-0.15, -0.1) is 0 Å². The van der Waals surface area contributed by atoms with E-state index in [0.29, 0.717) is 22.2 Å². The number of carbonyl (C=O) groups is 1. The minimum absolute atomic E-state index is 0.0555. The predicted molar refractivity (Wildman–Crippen MR) is 103 cm³/mol. The number of halogens is 1. The zero-order valence-corrected chi connectivity index (χ0v) is 15.3. The third-order valence-electron chi connectivity index (χ3n) is 4.18. The molecule has 5 nitrogen and oxygen atoms in total. The molecule has 6 heteroatoms. The van der Waals surface area contributed by atoms with Crippen molar-refractivity contribution < 1.29 is 19.0 Å². The van der Waals surface area contributed by atoms with Crippen molar-refractivity contribution in [1.29, 1.82) is 0 Å². The van der Waals surface area contributed by atoms with Gasteiger partial charge in [-0.2, -0.15) is 0 Å². The highest BCUT2D eigenvalue weighted by Gasteiger charge is 2.12. The number of carbonyl (C=O) groups excluding carboxylic acids is 1. The average Bonchev–Trinajstić information content (AvgIpc) is 3.12. The molecule has 0 saturated heterocycles. The zero-order chi connectivity index (χ0) is 18.8. The van der Waals surface area contributed by atoms with E-state index in [1.54, 1.807) is 18.2 Å². The lowest BCUT2D eigenvalue weighted by Crippen LogP contribution is -2.02. The number of pyridine rings is 1. The number of hydrogen-bond donors (Lipinski definition) is 0. The molecule has 1 aliphatic heterocycles. The number of benzene rings is 2. The molecule has 2 heterocycles. The van der Waals surface area contributed by atoms with Crippen molar-refractivity contribution in [3.63, 3.8) is 0 Å². The van der Waals surface area contributed by atoms with Gasteiger partial charge in [-0.05, 0) is 48.4 Å². The Morgan fingerprint density at radius 1 is 1.19 bits per heavy atom. The van der Waals surface area contributed by atoms with Crippen LogP contribution in [0.1, 0.15) is 16.7 Å². The molecule has 0 amide bonds. The molecule has 1 aromatic heterocycles. The van der Waals surface area contributed by atoms with E-state index in [9.17, 15) is 4.79 Å². The number of esters is 1. The van der Waals surface area contributed by atoms with Gasteiger partial charge >= 0.3 is 5.97 Å². The second-order valence-electron chi connectivity index (χ2n) is 6.19. The van der Waals surface area contributed by atoms with E-state index in [4.69, 9.17) is 25.8 Å². The van der Waals surface area contributed by atoms with Crippen molar-refractivity contribution in [2.24, 2.45) is 0 Å². The maximum atomic E-state index is 12.0. The molecule has 0 spiro atoms. The summed E-state index contributed by atoms with van der Waals surface area (Å²) in [6.07, 6.45) is 3.02. The van der Waals surface area contributed by atoms with E-state index < -0.39 is 5.97 Å². The Bertz CT molecular complexity index is 1060. The zero-order valence-electron chi connectivity index (χ0n) is 14.6. The molecule has 136 valence electrons. The van der Waals surface area contributed by atoms with Crippen molar-refractivity contribution in [3.05, 3.63) is 70.4 Å². The molecule has 0 atom stereocenters. The minimum Gasteiger partial charge on any atom is -0.458 e. The van der Waals surface area contributed by atoms with Crippen molar-refractivity contribution in [2.75, 3.05) is 6.79 Å². The van der Waals surface area contributed by atoms with Crippen LogP contribution in [0.4, 0.5) is 0 Å². The van der Waals surface area contributed by atoms with Crippen LogP contribution in [0, 0.1) is 6.92 Å². The van der Waals surface area contributed by atoms with Gasteiger partial charge in [0.05, 0.1) is 5.52 Å². The second kappa shape index (κ2) is 7.29. The fraction of sp³-hybridized carbons (Fsp3) is 0.143. The van der Waals surface area contributed by atoms with Gasteiger partial charge in [0.15, 0.2) is 11.5 Å². The number of ether oxygens (including phenoxy) is 3. The van der Waals surface area contributed by atoms with E-state index >= 15 is 0 Å². The van der Waals surface area contributed by atoms with Gasteiger partial charge in [0, 0.05) is 17.0 Å². The van der Waals surface area contributed by atoms with Gasteiger partial charge in [0.1, 0.15) is 11.8 Å². The fourth-order valence-corrected chi connectivity index (χ4v) is 2.98. The van der Waals surface area contributed by atoms with Gasteiger partial charge in [0.2, 0.25) is 6.79 Å². The number of hydrogen-bond acceptors (Lipinski definition) is 5. The lowest BCUT2D eigenvalue weighted by molar-refractivity contribution is -0.138. The van der Waals surface area contributed by atoms with Crippen LogP contribution in [0.2, 0.25) is 5.15 Å². The van der Waals surface area contributed by atoms with Gasteiger partial charge < -0.3 is 14.2 Å². The Kier molecular flexibility index (Phi) is 4.69. The Labute approximate surface area is 161 Å². The smallest absolute Gasteiger partial charge is 0.331 e. The van der Waals surface area contributed by atoms with E-state index in [1.807, 2.05) is 37.3 Å². The molecule has 2 aromatic carbocycles. The molecule has 27 heavy (non-hydrogen) atoms. The van der Waals surface area contributed by atoms with Crippen LogP contribution in [-0.4, -0.2) is 17.7 Å². The third-order valence-corrected chi connectivity index (χ3v) is 4.50. The highest BCUT2D eigenvalue weighted by atomic mass is 35.5. The second-order valence-corrected chi connectivity index (χ2v) is 6.55. The summed E-state index contributed by atoms with van der Waals surface area (Å²) in [5, 5.41) is 1.28. The molecule has 0 fully saturated rings.